The number of carbonyl (C=O) groups excluding carboxylic acids is 2. The molecular weight excluding hydrogens is 194 g/mol. The lowest BCUT2D eigenvalue weighted by molar-refractivity contribution is -0.124. The monoisotopic (exact) mass is 215 g/mol. The highest BCUT2D eigenvalue weighted by molar-refractivity contribution is 5.77. The molecule has 5 nitrogen and oxygen atoms in total. The maximum atomic E-state index is 11.1. The van der Waals surface area contributed by atoms with Crippen molar-refractivity contribution in [3.8, 4) is 0 Å². The van der Waals surface area contributed by atoms with Gasteiger partial charge in [0.2, 0.25) is 11.8 Å². The van der Waals surface area contributed by atoms with E-state index in [1.54, 1.807) is 0 Å². The van der Waals surface area contributed by atoms with Crippen molar-refractivity contribution in [2.75, 3.05) is 26.2 Å². The van der Waals surface area contributed by atoms with Gasteiger partial charge in [-0.25, -0.2) is 0 Å². The van der Waals surface area contributed by atoms with Gasteiger partial charge in [0.15, 0.2) is 0 Å². The summed E-state index contributed by atoms with van der Waals surface area (Å²) in [6, 6.07) is 0. The molecule has 5 heteroatoms. The van der Waals surface area contributed by atoms with Crippen LogP contribution in [0.3, 0.4) is 0 Å². The molecule has 0 aliphatic carbocycles. The molecule has 88 valence electrons. The standard InChI is InChI=1S/C10H21N3O2/c1-8(2)10(15)13-7-5-11-4-6-12-9(3)14/h8,11H,4-7H2,1-3H3,(H,12,14)(H,13,15). The van der Waals surface area contributed by atoms with Gasteiger partial charge >= 0.3 is 0 Å². The highest BCUT2D eigenvalue weighted by Gasteiger charge is 2.04. The van der Waals surface area contributed by atoms with Crippen LogP contribution in [0.2, 0.25) is 0 Å². The number of hydrogen-bond acceptors (Lipinski definition) is 3. The van der Waals surface area contributed by atoms with E-state index in [1.165, 1.54) is 6.92 Å². The molecule has 0 aromatic heterocycles. The van der Waals surface area contributed by atoms with Crippen LogP contribution in [0, 0.1) is 5.92 Å². The Bertz CT molecular complexity index is 205. The summed E-state index contributed by atoms with van der Waals surface area (Å²) in [7, 11) is 0. The van der Waals surface area contributed by atoms with Gasteiger partial charge in [0.1, 0.15) is 0 Å². The van der Waals surface area contributed by atoms with Crippen molar-refractivity contribution in [2.45, 2.75) is 20.8 Å². The highest BCUT2D eigenvalue weighted by atomic mass is 16.2. The van der Waals surface area contributed by atoms with Crippen molar-refractivity contribution in [3.63, 3.8) is 0 Å². The fraction of sp³-hybridized carbons (Fsp3) is 0.800. The average Bonchev–Trinajstić information content (AvgIpc) is 2.15. The molecular formula is C10H21N3O2. The quantitative estimate of drug-likeness (QED) is 0.501. The molecule has 0 aliphatic rings. The van der Waals surface area contributed by atoms with Crippen LogP contribution in [0.25, 0.3) is 0 Å². The second-order valence-electron chi connectivity index (χ2n) is 3.68. The summed E-state index contributed by atoms with van der Waals surface area (Å²) in [6.45, 7) is 7.89. The first-order valence-corrected chi connectivity index (χ1v) is 5.27. The van der Waals surface area contributed by atoms with Crippen LogP contribution < -0.4 is 16.0 Å². The zero-order valence-corrected chi connectivity index (χ0v) is 9.72. The van der Waals surface area contributed by atoms with E-state index >= 15 is 0 Å². The summed E-state index contributed by atoms with van der Waals surface area (Å²) >= 11 is 0. The van der Waals surface area contributed by atoms with Crippen LogP contribution in [0.5, 0.6) is 0 Å². The second-order valence-corrected chi connectivity index (χ2v) is 3.68. The van der Waals surface area contributed by atoms with E-state index in [-0.39, 0.29) is 17.7 Å². The van der Waals surface area contributed by atoms with Crippen LogP contribution in [0.15, 0.2) is 0 Å². The largest absolute Gasteiger partial charge is 0.355 e. The Morgan fingerprint density at radius 3 is 2.00 bits per heavy atom. The van der Waals surface area contributed by atoms with Gasteiger partial charge in [0.05, 0.1) is 0 Å². The lowest BCUT2D eigenvalue weighted by atomic mass is 10.2. The number of rotatable bonds is 7. The first kappa shape index (κ1) is 13.9. The lowest BCUT2D eigenvalue weighted by Crippen LogP contribution is -2.37. The van der Waals surface area contributed by atoms with E-state index < -0.39 is 0 Å². The first-order chi connectivity index (χ1) is 7.04. The van der Waals surface area contributed by atoms with Crippen LogP contribution >= 0.6 is 0 Å². The Morgan fingerprint density at radius 1 is 1.00 bits per heavy atom. The fourth-order valence-electron chi connectivity index (χ4n) is 0.930. The summed E-state index contributed by atoms with van der Waals surface area (Å²) in [4.78, 5) is 21.6. The molecule has 0 saturated heterocycles. The molecule has 0 radical (unpaired) electrons. The summed E-state index contributed by atoms with van der Waals surface area (Å²) < 4.78 is 0. The van der Waals surface area contributed by atoms with E-state index in [1.807, 2.05) is 13.8 Å². The molecule has 0 saturated carbocycles. The molecule has 0 aliphatic heterocycles. The maximum Gasteiger partial charge on any atom is 0.222 e. The Kier molecular flexibility index (Phi) is 7.62. The van der Waals surface area contributed by atoms with Crippen molar-refractivity contribution in [3.05, 3.63) is 0 Å². The van der Waals surface area contributed by atoms with Crippen LogP contribution in [0.1, 0.15) is 20.8 Å². The molecule has 0 unspecified atom stereocenters. The molecule has 0 atom stereocenters. The molecule has 0 fully saturated rings. The van der Waals surface area contributed by atoms with Crippen molar-refractivity contribution in [1.29, 1.82) is 0 Å². The van der Waals surface area contributed by atoms with Crippen molar-refractivity contribution in [1.82, 2.24) is 16.0 Å². The third-order valence-corrected chi connectivity index (χ3v) is 1.80. The predicted octanol–water partition coefficient (Wildman–Crippen LogP) is -0.516. The van der Waals surface area contributed by atoms with Crippen LogP contribution in [-0.2, 0) is 9.59 Å². The average molecular weight is 215 g/mol. The van der Waals surface area contributed by atoms with Gasteiger partial charge in [-0.3, -0.25) is 9.59 Å². The van der Waals surface area contributed by atoms with Crippen molar-refractivity contribution in [2.24, 2.45) is 5.92 Å². The Morgan fingerprint density at radius 2 is 1.53 bits per heavy atom. The SMILES string of the molecule is CC(=O)NCCNCCNC(=O)C(C)C. The van der Waals surface area contributed by atoms with Gasteiger partial charge in [-0.05, 0) is 0 Å². The van der Waals surface area contributed by atoms with Gasteiger partial charge in [0.25, 0.3) is 0 Å². The predicted molar refractivity (Wildman–Crippen MR) is 59.4 cm³/mol. The first-order valence-electron chi connectivity index (χ1n) is 5.27. The van der Waals surface area contributed by atoms with E-state index in [9.17, 15) is 9.59 Å². The topological polar surface area (TPSA) is 70.2 Å². The summed E-state index contributed by atoms with van der Waals surface area (Å²) in [5.74, 6) is 0.0768. The molecule has 0 aromatic carbocycles. The number of hydrogen-bond donors (Lipinski definition) is 3. The molecule has 3 N–H and O–H groups in total. The number of carbonyl (C=O) groups is 2. The molecule has 0 aromatic rings. The molecule has 0 heterocycles. The number of nitrogens with one attached hydrogen (secondary N) is 3. The second kappa shape index (κ2) is 8.23. The van der Waals surface area contributed by atoms with Crippen LogP contribution in [-0.4, -0.2) is 38.0 Å². The summed E-state index contributed by atoms with van der Waals surface area (Å²) in [6.07, 6.45) is 0. The van der Waals surface area contributed by atoms with Crippen LogP contribution in [0.4, 0.5) is 0 Å². The third-order valence-electron chi connectivity index (χ3n) is 1.80. The van der Waals surface area contributed by atoms with Gasteiger partial charge in [-0.2, -0.15) is 0 Å². The minimum absolute atomic E-state index is 0.0232. The van der Waals surface area contributed by atoms with Crippen molar-refractivity contribution >= 4 is 11.8 Å². The summed E-state index contributed by atoms with van der Waals surface area (Å²) in [5.41, 5.74) is 0. The zero-order chi connectivity index (χ0) is 11.7. The highest BCUT2D eigenvalue weighted by Crippen LogP contribution is 1.88. The van der Waals surface area contributed by atoms with Gasteiger partial charge in [0, 0.05) is 39.0 Å². The Balaban J connectivity index is 3.18. The number of amides is 2. The zero-order valence-electron chi connectivity index (χ0n) is 9.72. The van der Waals surface area contributed by atoms with E-state index in [4.69, 9.17) is 0 Å². The minimum Gasteiger partial charge on any atom is -0.355 e. The van der Waals surface area contributed by atoms with E-state index in [2.05, 4.69) is 16.0 Å². The third kappa shape index (κ3) is 9.21. The van der Waals surface area contributed by atoms with Gasteiger partial charge in [-0.15, -0.1) is 0 Å². The smallest absolute Gasteiger partial charge is 0.222 e. The molecule has 0 bridgehead atoms. The lowest BCUT2D eigenvalue weighted by Gasteiger charge is -2.08. The maximum absolute atomic E-state index is 11.1. The van der Waals surface area contributed by atoms with E-state index in [0.717, 1.165) is 13.1 Å². The Hall–Kier alpha value is -1.10. The molecule has 2 amide bonds. The molecule has 0 spiro atoms. The molecule has 0 rings (SSSR count). The minimum atomic E-state index is -0.0232. The van der Waals surface area contributed by atoms with E-state index in [0.29, 0.717) is 13.1 Å². The summed E-state index contributed by atoms with van der Waals surface area (Å²) in [5, 5.41) is 8.57. The van der Waals surface area contributed by atoms with Gasteiger partial charge < -0.3 is 16.0 Å². The van der Waals surface area contributed by atoms with Gasteiger partial charge in [-0.1, -0.05) is 13.8 Å². The van der Waals surface area contributed by atoms with Crippen molar-refractivity contribution < 1.29 is 9.59 Å². The normalized spacial score (nSPS) is 10.1. The fourth-order valence-corrected chi connectivity index (χ4v) is 0.930. The molecule has 15 heavy (non-hydrogen) atoms. The Labute approximate surface area is 91.0 Å².